The fourth-order valence-corrected chi connectivity index (χ4v) is 5.09. The molecular weight excluding hydrogens is 429 g/mol. The zero-order valence-electron chi connectivity index (χ0n) is 18.7. The summed E-state index contributed by atoms with van der Waals surface area (Å²) in [7, 11) is -2.17. The van der Waals surface area contributed by atoms with Gasteiger partial charge in [0.15, 0.2) is 5.82 Å². The van der Waals surface area contributed by atoms with Crippen molar-refractivity contribution in [1.29, 1.82) is 0 Å². The molecule has 0 unspecified atom stereocenters. The average Bonchev–Trinajstić information content (AvgIpc) is 2.80. The van der Waals surface area contributed by atoms with E-state index >= 15 is 0 Å². The summed E-state index contributed by atoms with van der Waals surface area (Å²) in [6.07, 6.45) is 2.11. The third-order valence-electron chi connectivity index (χ3n) is 5.58. The molecule has 8 heteroatoms. The van der Waals surface area contributed by atoms with E-state index in [1.165, 1.54) is 4.31 Å². The minimum Gasteiger partial charge on any atom is -0.497 e. The monoisotopic (exact) mass is 457 g/mol. The summed E-state index contributed by atoms with van der Waals surface area (Å²) < 4.78 is 47.3. The van der Waals surface area contributed by atoms with E-state index in [4.69, 9.17) is 4.74 Å². The number of ether oxygens (including phenoxy) is 1. The highest BCUT2D eigenvalue weighted by atomic mass is 32.2. The predicted octanol–water partition coefficient (Wildman–Crippen LogP) is 4.46. The summed E-state index contributed by atoms with van der Waals surface area (Å²) in [6, 6.07) is 15.1. The van der Waals surface area contributed by atoms with Crippen LogP contribution >= 0.6 is 0 Å². The van der Waals surface area contributed by atoms with Crippen molar-refractivity contribution < 1.29 is 17.5 Å². The first-order valence-electron chi connectivity index (χ1n) is 10.4. The van der Waals surface area contributed by atoms with E-state index in [2.05, 4.69) is 9.97 Å². The zero-order valence-corrected chi connectivity index (χ0v) is 19.5. The Balaban J connectivity index is 1.91. The molecule has 0 saturated heterocycles. The lowest BCUT2D eigenvalue weighted by Gasteiger charge is -2.28. The smallest absolute Gasteiger partial charge is 0.218 e. The second kappa shape index (κ2) is 10.2. The molecule has 3 aromatic rings. The molecule has 1 heterocycles. The van der Waals surface area contributed by atoms with Crippen LogP contribution in [-0.2, 0) is 23.1 Å². The van der Waals surface area contributed by atoms with Gasteiger partial charge in [-0.25, -0.2) is 22.8 Å². The first-order chi connectivity index (χ1) is 15.2. The quantitative estimate of drug-likeness (QED) is 0.474. The highest BCUT2D eigenvalue weighted by molar-refractivity contribution is 7.89. The third-order valence-corrected chi connectivity index (χ3v) is 7.90. The van der Waals surface area contributed by atoms with Crippen molar-refractivity contribution in [2.45, 2.75) is 45.0 Å². The Bertz CT molecular complexity index is 1120. The fourth-order valence-electron chi connectivity index (χ4n) is 3.33. The van der Waals surface area contributed by atoms with E-state index in [9.17, 15) is 12.8 Å². The molecule has 0 N–H and O–H groups in total. The molecule has 2 aromatic carbocycles. The van der Waals surface area contributed by atoms with E-state index in [0.717, 1.165) is 29.1 Å². The Morgan fingerprint density at radius 2 is 1.44 bits per heavy atom. The maximum atomic E-state index is 13.7. The Morgan fingerprint density at radius 1 is 0.938 bits per heavy atom. The lowest BCUT2D eigenvalue weighted by atomic mass is 10.1. The van der Waals surface area contributed by atoms with Crippen LogP contribution in [0.3, 0.4) is 0 Å². The van der Waals surface area contributed by atoms with Crippen molar-refractivity contribution >= 4 is 10.0 Å². The van der Waals surface area contributed by atoms with E-state index < -0.39 is 27.0 Å². The van der Waals surface area contributed by atoms with Gasteiger partial charge >= 0.3 is 0 Å². The van der Waals surface area contributed by atoms with Gasteiger partial charge in [0.2, 0.25) is 10.0 Å². The van der Waals surface area contributed by atoms with Gasteiger partial charge in [-0.3, -0.25) is 0 Å². The SMILES string of the molecule is COc1ccc(CN(Cc2ccc(C)cc2)S(=O)(=O)[C@H](C)[C@H](C)c2ncc(F)cn2)cc1. The van der Waals surface area contributed by atoms with E-state index in [-0.39, 0.29) is 13.1 Å². The number of nitrogens with zero attached hydrogens (tertiary/aromatic N) is 3. The summed E-state index contributed by atoms with van der Waals surface area (Å²) in [5, 5.41) is -0.809. The van der Waals surface area contributed by atoms with Crippen LogP contribution in [0.15, 0.2) is 60.9 Å². The van der Waals surface area contributed by atoms with Crippen molar-refractivity contribution in [1.82, 2.24) is 14.3 Å². The standard InChI is InChI=1S/C24H28FN3O3S/c1-17-5-7-20(8-6-17)15-28(16-21-9-11-23(31-4)12-10-21)32(29,30)19(3)18(2)24-26-13-22(25)14-27-24/h5-14,18-19H,15-16H2,1-4H3/t18-,19+/m0/s1. The summed E-state index contributed by atoms with van der Waals surface area (Å²) >= 11 is 0. The number of rotatable bonds is 9. The highest BCUT2D eigenvalue weighted by Crippen LogP contribution is 2.27. The molecule has 0 bridgehead atoms. The Labute approximate surface area is 189 Å². The van der Waals surface area contributed by atoms with Gasteiger partial charge < -0.3 is 4.74 Å². The molecule has 0 fully saturated rings. The summed E-state index contributed by atoms with van der Waals surface area (Å²) in [6.45, 7) is 5.81. The van der Waals surface area contributed by atoms with Gasteiger partial charge in [0.1, 0.15) is 11.6 Å². The first-order valence-corrected chi connectivity index (χ1v) is 11.9. The zero-order chi connectivity index (χ0) is 23.3. The van der Waals surface area contributed by atoms with Crippen molar-refractivity contribution in [3.8, 4) is 5.75 Å². The molecule has 1 aromatic heterocycles. The molecule has 170 valence electrons. The molecule has 0 aliphatic carbocycles. The maximum absolute atomic E-state index is 13.7. The number of hydrogen-bond donors (Lipinski definition) is 0. The van der Waals surface area contributed by atoms with E-state index in [0.29, 0.717) is 11.6 Å². The van der Waals surface area contributed by atoms with Crippen molar-refractivity contribution in [2.75, 3.05) is 7.11 Å². The molecule has 0 spiro atoms. The number of sulfonamides is 1. The lowest BCUT2D eigenvalue weighted by molar-refractivity contribution is 0.388. The van der Waals surface area contributed by atoms with Crippen LogP contribution in [0, 0.1) is 12.7 Å². The lowest BCUT2D eigenvalue weighted by Crippen LogP contribution is -2.39. The normalized spacial score (nSPS) is 13.7. The predicted molar refractivity (Wildman–Crippen MR) is 122 cm³/mol. The van der Waals surface area contributed by atoms with Gasteiger partial charge in [-0.15, -0.1) is 0 Å². The van der Waals surface area contributed by atoms with Crippen LogP contribution in [-0.4, -0.2) is 35.1 Å². The number of halogens is 1. The van der Waals surface area contributed by atoms with Gasteiger partial charge in [-0.05, 0) is 37.1 Å². The molecule has 0 aliphatic heterocycles. The Hall–Kier alpha value is -2.84. The molecule has 3 rings (SSSR count). The van der Waals surface area contributed by atoms with Gasteiger partial charge in [-0.2, -0.15) is 4.31 Å². The van der Waals surface area contributed by atoms with Crippen LogP contribution < -0.4 is 4.74 Å². The van der Waals surface area contributed by atoms with Crippen LogP contribution in [0.5, 0.6) is 5.75 Å². The maximum Gasteiger partial charge on any atom is 0.218 e. The van der Waals surface area contributed by atoms with Gasteiger partial charge in [-0.1, -0.05) is 48.9 Å². The molecule has 6 nitrogen and oxygen atoms in total. The van der Waals surface area contributed by atoms with Gasteiger partial charge in [0.25, 0.3) is 0 Å². The number of aromatic nitrogens is 2. The fraction of sp³-hybridized carbons (Fsp3) is 0.333. The summed E-state index contributed by atoms with van der Waals surface area (Å²) in [4.78, 5) is 7.97. The number of hydrogen-bond acceptors (Lipinski definition) is 5. The van der Waals surface area contributed by atoms with Crippen molar-refractivity contribution in [3.63, 3.8) is 0 Å². The van der Waals surface area contributed by atoms with Crippen LogP contribution in [0.1, 0.15) is 42.3 Å². The second-order valence-corrected chi connectivity index (χ2v) is 10.2. The molecule has 0 aliphatic rings. The second-order valence-electron chi connectivity index (χ2n) is 7.90. The molecule has 0 amide bonds. The third kappa shape index (κ3) is 5.69. The Morgan fingerprint density at radius 3 is 1.94 bits per heavy atom. The number of benzene rings is 2. The molecule has 32 heavy (non-hydrogen) atoms. The summed E-state index contributed by atoms with van der Waals surface area (Å²) in [5.41, 5.74) is 2.85. The number of aryl methyl sites for hydroxylation is 1. The molecular formula is C24H28FN3O3S. The summed E-state index contributed by atoms with van der Waals surface area (Å²) in [5.74, 6) is -0.0757. The van der Waals surface area contributed by atoms with E-state index in [1.807, 2.05) is 55.5 Å². The minimum absolute atomic E-state index is 0.210. The van der Waals surface area contributed by atoms with Crippen molar-refractivity contribution in [2.24, 2.45) is 0 Å². The first kappa shape index (κ1) is 23.8. The van der Waals surface area contributed by atoms with Crippen LogP contribution in [0.2, 0.25) is 0 Å². The number of methoxy groups -OCH3 is 1. The van der Waals surface area contributed by atoms with Crippen molar-refractivity contribution in [3.05, 3.63) is 89.3 Å². The van der Waals surface area contributed by atoms with E-state index in [1.54, 1.807) is 21.0 Å². The molecule has 0 radical (unpaired) electrons. The van der Waals surface area contributed by atoms with Gasteiger partial charge in [0, 0.05) is 19.0 Å². The van der Waals surface area contributed by atoms with Crippen LogP contribution in [0.4, 0.5) is 4.39 Å². The topological polar surface area (TPSA) is 72.4 Å². The van der Waals surface area contributed by atoms with Gasteiger partial charge in [0.05, 0.1) is 24.8 Å². The molecule has 0 saturated carbocycles. The highest BCUT2D eigenvalue weighted by Gasteiger charge is 2.34. The van der Waals surface area contributed by atoms with Crippen LogP contribution in [0.25, 0.3) is 0 Å². The Kier molecular flexibility index (Phi) is 7.58. The minimum atomic E-state index is -3.75. The molecule has 2 atom stereocenters. The average molecular weight is 458 g/mol. The largest absolute Gasteiger partial charge is 0.497 e.